The van der Waals surface area contributed by atoms with Crippen molar-refractivity contribution in [3.63, 3.8) is 0 Å². The van der Waals surface area contributed by atoms with Crippen LogP contribution >= 0.6 is 0 Å². The van der Waals surface area contributed by atoms with Crippen molar-refractivity contribution in [2.24, 2.45) is 5.84 Å². The van der Waals surface area contributed by atoms with Gasteiger partial charge in [-0.2, -0.15) is 0 Å². The van der Waals surface area contributed by atoms with Crippen LogP contribution in [0.5, 0.6) is 0 Å². The van der Waals surface area contributed by atoms with Gasteiger partial charge in [-0.3, -0.25) is 10.6 Å². The SMILES string of the molecule is CC(=O)O.CCN(N)CC. The molecule has 10 heavy (non-hydrogen) atoms. The lowest BCUT2D eigenvalue weighted by Crippen LogP contribution is -2.29. The second kappa shape index (κ2) is 8.39. The fourth-order valence-electron chi connectivity index (χ4n) is 0.224. The normalized spacial score (nSPS) is 8.50. The number of carboxylic acids is 1. The van der Waals surface area contributed by atoms with Crippen LogP contribution in [0.1, 0.15) is 20.8 Å². The van der Waals surface area contributed by atoms with Crippen molar-refractivity contribution in [1.82, 2.24) is 5.01 Å². The minimum Gasteiger partial charge on any atom is -0.481 e. The maximum Gasteiger partial charge on any atom is 0.300 e. The third-order valence-electron chi connectivity index (χ3n) is 0.812. The van der Waals surface area contributed by atoms with Gasteiger partial charge < -0.3 is 5.11 Å². The minimum absolute atomic E-state index is 0.833. The number of hydrogen-bond acceptors (Lipinski definition) is 3. The molecule has 4 heteroatoms. The van der Waals surface area contributed by atoms with E-state index in [1.54, 1.807) is 5.01 Å². The number of rotatable bonds is 2. The lowest BCUT2D eigenvalue weighted by molar-refractivity contribution is -0.134. The summed E-state index contributed by atoms with van der Waals surface area (Å²) in [6.45, 7) is 7.03. The summed E-state index contributed by atoms with van der Waals surface area (Å²) in [4.78, 5) is 9.00. The van der Waals surface area contributed by atoms with Crippen molar-refractivity contribution in [3.8, 4) is 0 Å². The van der Waals surface area contributed by atoms with Crippen molar-refractivity contribution in [1.29, 1.82) is 0 Å². The van der Waals surface area contributed by atoms with Gasteiger partial charge in [-0.1, -0.05) is 13.8 Å². The molecular weight excluding hydrogens is 132 g/mol. The molecule has 0 aliphatic carbocycles. The van der Waals surface area contributed by atoms with Gasteiger partial charge in [-0.25, -0.2) is 5.01 Å². The van der Waals surface area contributed by atoms with Crippen LogP contribution in [0.3, 0.4) is 0 Å². The van der Waals surface area contributed by atoms with Crippen LogP contribution in [0, 0.1) is 0 Å². The molecule has 0 saturated carbocycles. The van der Waals surface area contributed by atoms with E-state index in [2.05, 4.69) is 0 Å². The molecule has 0 aliphatic rings. The van der Waals surface area contributed by atoms with Gasteiger partial charge in [0.15, 0.2) is 0 Å². The minimum atomic E-state index is -0.833. The van der Waals surface area contributed by atoms with Gasteiger partial charge in [0.25, 0.3) is 5.97 Å². The standard InChI is InChI=1S/C4H12N2.C2H4O2/c1-3-6(5)4-2;1-2(3)4/h3-5H2,1-2H3;1H3,(H,3,4). The molecule has 0 spiro atoms. The van der Waals surface area contributed by atoms with Gasteiger partial charge in [0.05, 0.1) is 0 Å². The van der Waals surface area contributed by atoms with Crippen LogP contribution in [-0.2, 0) is 4.79 Å². The number of nitrogens with two attached hydrogens (primary N) is 1. The van der Waals surface area contributed by atoms with Gasteiger partial charge in [-0.15, -0.1) is 0 Å². The predicted octanol–water partition coefficient (Wildman–Crippen LogP) is 0.293. The molecule has 62 valence electrons. The molecule has 0 aromatic rings. The Morgan fingerprint density at radius 2 is 1.70 bits per heavy atom. The van der Waals surface area contributed by atoms with Gasteiger partial charge >= 0.3 is 0 Å². The molecule has 0 radical (unpaired) electrons. The number of hydrogen-bond donors (Lipinski definition) is 2. The van der Waals surface area contributed by atoms with Crippen LogP contribution in [-0.4, -0.2) is 29.2 Å². The third-order valence-corrected chi connectivity index (χ3v) is 0.812. The Bertz CT molecular complexity index is 77.8. The maximum atomic E-state index is 9.00. The highest BCUT2D eigenvalue weighted by atomic mass is 16.4. The first-order chi connectivity index (χ1) is 4.54. The average molecular weight is 148 g/mol. The molecule has 0 aliphatic heterocycles. The summed E-state index contributed by atoms with van der Waals surface area (Å²) in [5.41, 5.74) is 0. The first-order valence-electron chi connectivity index (χ1n) is 3.23. The number of carbonyl (C=O) groups is 1. The Kier molecular flexibility index (Phi) is 10.2. The van der Waals surface area contributed by atoms with Crippen molar-refractivity contribution >= 4 is 5.97 Å². The molecule has 0 amide bonds. The van der Waals surface area contributed by atoms with Crippen LogP contribution < -0.4 is 5.84 Å². The van der Waals surface area contributed by atoms with E-state index in [0.29, 0.717) is 0 Å². The second-order valence-corrected chi connectivity index (χ2v) is 1.74. The van der Waals surface area contributed by atoms with E-state index in [4.69, 9.17) is 15.7 Å². The van der Waals surface area contributed by atoms with Gasteiger partial charge in [-0.05, 0) is 0 Å². The molecule has 4 nitrogen and oxygen atoms in total. The Balaban J connectivity index is 0. The van der Waals surface area contributed by atoms with Crippen LogP contribution in [0.25, 0.3) is 0 Å². The third kappa shape index (κ3) is 26.3. The van der Waals surface area contributed by atoms with Gasteiger partial charge in [0.2, 0.25) is 0 Å². The number of nitrogens with zero attached hydrogens (tertiary/aromatic N) is 1. The van der Waals surface area contributed by atoms with E-state index >= 15 is 0 Å². The highest BCUT2D eigenvalue weighted by Crippen LogP contribution is 1.68. The molecule has 0 bridgehead atoms. The molecule has 0 rings (SSSR count). The molecule has 3 N–H and O–H groups in total. The summed E-state index contributed by atoms with van der Waals surface area (Å²) in [6, 6.07) is 0. The molecule has 0 aromatic carbocycles. The second-order valence-electron chi connectivity index (χ2n) is 1.74. The van der Waals surface area contributed by atoms with Crippen LogP contribution in [0.4, 0.5) is 0 Å². The fraction of sp³-hybridized carbons (Fsp3) is 0.833. The van der Waals surface area contributed by atoms with E-state index in [-0.39, 0.29) is 0 Å². The average Bonchev–Trinajstić information content (AvgIpc) is 1.85. The molecule has 0 aromatic heterocycles. The van der Waals surface area contributed by atoms with Gasteiger partial charge in [0.1, 0.15) is 0 Å². The Hall–Kier alpha value is -0.610. The zero-order valence-electron chi connectivity index (χ0n) is 6.79. The molecule has 0 unspecified atom stereocenters. The summed E-state index contributed by atoms with van der Waals surface area (Å²) >= 11 is 0. The molecule has 0 saturated heterocycles. The van der Waals surface area contributed by atoms with Crippen molar-refractivity contribution in [3.05, 3.63) is 0 Å². The number of aliphatic carboxylic acids is 1. The number of carboxylic acid groups (broad SMARTS) is 1. The molecule has 0 fully saturated rings. The Labute approximate surface area is 61.6 Å². The molecular formula is C6H16N2O2. The largest absolute Gasteiger partial charge is 0.481 e. The van der Waals surface area contributed by atoms with Crippen LogP contribution in [0.15, 0.2) is 0 Å². The van der Waals surface area contributed by atoms with E-state index < -0.39 is 5.97 Å². The Morgan fingerprint density at radius 1 is 1.50 bits per heavy atom. The van der Waals surface area contributed by atoms with Crippen molar-refractivity contribution in [2.45, 2.75) is 20.8 Å². The summed E-state index contributed by atoms with van der Waals surface area (Å²) in [7, 11) is 0. The maximum absolute atomic E-state index is 9.00. The molecule has 0 atom stereocenters. The lowest BCUT2D eigenvalue weighted by atomic mass is 10.6. The first-order valence-corrected chi connectivity index (χ1v) is 3.23. The fourth-order valence-corrected chi connectivity index (χ4v) is 0.224. The predicted molar refractivity (Wildman–Crippen MR) is 40.4 cm³/mol. The van der Waals surface area contributed by atoms with Crippen LogP contribution in [0.2, 0.25) is 0 Å². The van der Waals surface area contributed by atoms with E-state index in [9.17, 15) is 0 Å². The number of hydrazine groups is 1. The quantitative estimate of drug-likeness (QED) is 0.436. The van der Waals surface area contributed by atoms with E-state index in [1.807, 2.05) is 13.8 Å². The highest BCUT2D eigenvalue weighted by molar-refractivity contribution is 5.62. The zero-order valence-corrected chi connectivity index (χ0v) is 6.79. The summed E-state index contributed by atoms with van der Waals surface area (Å²) in [5, 5.41) is 9.17. The smallest absolute Gasteiger partial charge is 0.300 e. The Morgan fingerprint density at radius 3 is 1.70 bits per heavy atom. The summed E-state index contributed by atoms with van der Waals surface area (Å²) in [5.74, 6) is 4.47. The lowest BCUT2D eigenvalue weighted by Gasteiger charge is -2.07. The van der Waals surface area contributed by atoms with E-state index in [1.165, 1.54) is 0 Å². The summed E-state index contributed by atoms with van der Waals surface area (Å²) < 4.78 is 0. The van der Waals surface area contributed by atoms with Crippen molar-refractivity contribution < 1.29 is 9.90 Å². The first kappa shape index (κ1) is 12.1. The summed E-state index contributed by atoms with van der Waals surface area (Å²) in [6.07, 6.45) is 0. The van der Waals surface area contributed by atoms with Gasteiger partial charge in [0, 0.05) is 20.0 Å². The topological polar surface area (TPSA) is 66.6 Å². The van der Waals surface area contributed by atoms with E-state index in [0.717, 1.165) is 20.0 Å². The highest BCUT2D eigenvalue weighted by Gasteiger charge is 1.82. The monoisotopic (exact) mass is 148 g/mol. The zero-order chi connectivity index (χ0) is 8.57. The molecule has 0 heterocycles. The van der Waals surface area contributed by atoms with Crippen molar-refractivity contribution in [2.75, 3.05) is 13.1 Å².